The van der Waals surface area contributed by atoms with Gasteiger partial charge >= 0.3 is 0 Å². The molecule has 0 aromatic carbocycles. The van der Waals surface area contributed by atoms with Crippen molar-refractivity contribution in [2.45, 2.75) is 0 Å². The normalized spacial score (nSPS) is 10.3. The zero-order chi connectivity index (χ0) is 14.0. The highest BCUT2D eigenvalue weighted by molar-refractivity contribution is 9.11. The van der Waals surface area contributed by atoms with E-state index in [9.17, 15) is 9.59 Å². The monoisotopic (exact) mass is 405 g/mol. The van der Waals surface area contributed by atoms with E-state index in [1.54, 1.807) is 36.0 Å². The first-order chi connectivity index (χ1) is 8.97. The molecule has 2 rings (SSSR count). The number of nitrogens with one attached hydrogen (secondary N) is 2. The molecule has 100 valence electrons. The van der Waals surface area contributed by atoms with Crippen LogP contribution in [0.1, 0.15) is 20.2 Å². The van der Waals surface area contributed by atoms with Gasteiger partial charge in [0.15, 0.2) is 0 Å². The van der Waals surface area contributed by atoms with Gasteiger partial charge in [0.2, 0.25) is 0 Å². The Bertz CT molecular complexity index is 636. The number of carbonyl (C=O) groups is 2. The summed E-state index contributed by atoms with van der Waals surface area (Å²) in [5.74, 6) is -0.727. The van der Waals surface area contributed by atoms with Gasteiger partial charge in [0.25, 0.3) is 11.8 Å². The van der Waals surface area contributed by atoms with Gasteiger partial charge < -0.3 is 4.57 Å². The van der Waals surface area contributed by atoms with Crippen molar-refractivity contribution in [2.24, 2.45) is 7.05 Å². The molecule has 0 radical (unpaired) electrons. The lowest BCUT2D eigenvalue weighted by Crippen LogP contribution is -2.41. The summed E-state index contributed by atoms with van der Waals surface area (Å²) < 4.78 is 3.32. The summed E-state index contributed by atoms with van der Waals surface area (Å²) in [6, 6.07) is 5.12. The molecule has 0 saturated heterocycles. The molecule has 8 heteroatoms. The molecule has 19 heavy (non-hydrogen) atoms. The third-order valence-electron chi connectivity index (χ3n) is 2.29. The molecule has 2 aromatic rings. The minimum atomic E-state index is -0.378. The van der Waals surface area contributed by atoms with Crippen molar-refractivity contribution in [1.82, 2.24) is 15.4 Å². The highest BCUT2D eigenvalue weighted by Gasteiger charge is 2.13. The number of hydrazine groups is 1. The third kappa shape index (κ3) is 3.46. The van der Waals surface area contributed by atoms with Gasteiger partial charge in [0, 0.05) is 17.7 Å². The second-order valence-electron chi connectivity index (χ2n) is 3.67. The van der Waals surface area contributed by atoms with Crippen LogP contribution < -0.4 is 10.9 Å². The molecule has 2 amide bonds. The Hall–Kier alpha value is -1.12. The summed E-state index contributed by atoms with van der Waals surface area (Å²) in [5.41, 5.74) is 5.19. The van der Waals surface area contributed by atoms with Gasteiger partial charge in [-0.05, 0) is 50.1 Å². The van der Waals surface area contributed by atoms with Gasteiger partial charge in [-0.25, -0.2) is 0 Å². The predicted molar refractivity (Wildman–Crippen MR) is 80.1 cm³/mol. The molecular formula is C11H9Br2N3O2S. The Morgan fingerprint density at radius 3 is 2.42 bits per heavy atom. The largest absolute Gasteiger partial charge is 0.345 e. The fourth-order valence-corrected chi connectivity index (χ4v) is 3.23. The highest BCUT2D eigenvalue weighted by atomic mass is 79.9. The van der Waals surface area contributed by atoms with Gasteiger partial charge in [-0.3, -0.25) is 20.4 Å². The van der Waals surface area contributed by atoms with Crippen molar-refractivity contribution in [3.8, 4) is 0 Å². The number of aromatic nitrogens is 1. The standard InChI is InChI=1S/C11H9Br2N3O2S/c1-16-5-6(12)4-7(16)10(17)14-15-11(18)8-2-3-9(13)19-8/h2-5H,1H3,(H,14,17)(H,15,18). The van der Waals surface area contributed by atoms with Crippen LogP contribution in [-0.2, 0) is 7.05 Å². The Morgan fingerprint density at radius 1 is 1.21 bits per heavy atom. The summed E-state index contributed by atoms with van der Waals surface area (Å²) >= 11 is 7.84. The molecule has 0 fully saturated rings. The zero-order valence-corrected chi connectivity index (χ0v) is 13.7. The van der Waals surface area contributed by atoms with Crippen molar-refractivity contribution < 1.29 is 9.59 Å². The maximum atomic E-state index is 11.8. The second-order valence-corrected chi connectivity index (χ2v) is 7.05. The number of hydrogen-bond acceptors (Lipinski definition) is 3. The fourth-order valence-electron chi connectivity index (χ4n) is 1.43. The molecule has 0 bridgehead atoms. The van der Waals surface area contributed by atoms with Crippen LogP contribution in [0.4, 0.5) is 0 Å². The van der Waals surface area contributed by atoms with Crippen molar-refractivity contribution in [3.63, 3.8) is 0 Å². The summed E-state index contributed by atoms with van der Waals surface area (Å²) in [7, 11) is 1.75. The first kappa shape index (κ1) is 14.3. The minimum Gasteiger partial charge on any atom is -0.345 e. The van der Waals surface area contributed by atoms with Gasteiger partial charge in [-0.1, -0.05) is 0 Å². The average Bonchev–Trinajstić information content (AvgIpc) is 2.92. The third-order valence-corrected chi connectivity index (χ3v) is 4.35. The van der Waals surface area contributed by atoms with Crippen LogP contribution in [0.15, 0.2) is 32.7 Å². The fraction of sp³-hybridized carbons (Fsp3) is 0.0909. The predicted octanol–water partition coefficient (Wildman–Crippen LogP) is 2.69. The van der Waals surface area contributed by atoms with Crippen LogP contribution in [0.3, 0.4) is 0 Å². The van der Waals surface area contributed by atoms with Gasteiger partial charge in [-0.15, -0.1) is 11.3 Å². The molecule has 5 nitrogen and oxygen atoms in total. The lowest BCUT2D eigenvalue weighted by molar-refractivity contribution is 0.0844. The molecule has 0 saturated carbocycles. The molecule has 0 unspecified atom stereocenters. The number of hydrogen-bond donors (Lipinski definition) is 2. The Labute approximate surface area is 130 Å². The van der Waals surface area contributed by atoms with E-state index in [2.05, 4.69) is 42.7 Å². The summed E-state index contributed by atoms with van der Waals surface area (Å²) in [5, 5.41) is 0. The van der Waals surface area contributed by atoms with E-state index in [1.807, 2.05) is 0 Å². The topological polar surface area (TPSA) is 63.1 Å². The molecule has 0 aliphatic rings. The minimum absolute atomic E-state index is 0.350. The Morgan fingerprint density at radius 2 is 1.89 bits per heavy atom. The lowest BCUT2D eigenvalue weighted by atomic mass is 10.4. The number of nitrogens with zero attached hydrogens (tertiary/aromatic N) is 1. The van der Waals surface area contributed by atoms with E-state index >= 15 is 0 Å². The highest BCUT2D eigenvalue weighted by Crippen LogP contribution is 2.21. The van der Waals surface area contributed by atoms with Crippen LogP contribution in [0.5, 0.6) is 0 Å². The van der Waals surface area contributed by atoms with E-state index < -0.39 is 0 Å². The van der Waals surface area contributed by atoms with Crippen LogP contribution in [-0.4, -0.2) is 16.4 Å². The van der Waals surface area contributed by atoms with E-state index in [0.29, 0.717) is 10.6 Å². The first-order valence-corrected chi connectivity index (χ1v) is 7.55. The van der Waals surface area contributed by atoms with Crippen LogP contribution in [0.2, 0.25) is 0 Å². The van der Waals surface area contributed by atoms with Crippen molar-refractivity contribution in [3.05, 3.63) is 43.2 Å². The summed E-state index contributed by atoms with van der Waals surface area (Å²) in [6.45, 7) is 0. The van der Waals surface area contributed by atoms with E-state index in [-0.39, 0.29) is 11.8 Å². The molecular weight excluding hydrogens is 398 g/mol. The number of carbonyl (C=O) groups excluding carboxylic acids is 2. The van der Waals surface area contributed by atoms with E-state index in [4.69, 9.17) is 0 Å². The van der Waals surface area contributed by atoms with Gasteiger partial charge in [0.1, 0.15) is 5.69 Å². The Kier molecular flexibility index (Phi) is 4.43. The molecule has 2 heterocycles. The first-order valence-electron chi connectivity index (χ1n) is 5.15. The molecule has 0 aliphatic heterocycles. The van der Waals surface area contributed by atoms with Gasteiger partial charge in [0.05, 0.1) is 8.66 Å². The summed E-state index contributed by atoms with van der Waals surface area (Å²) in [4.78, 5) is 24.1. The van der Waals surface area contributed by atoms with Gasteiger partial charge in [-0.2, -0.15) is 0 Å². The van der Waals surface area contributed by atoms with Crippen LogP contribution in [0.25, 0.3) is 0 Å². The van der Waals surface area contributed by atoms with E-state index in [0.717, 1.165) is 8.26 Å². The second kappa shape index (κ2) is 5.89. The molecule has 2 N–H and O–H groups in total. The van der Waals surface area contributed by atoms with Crippen molar-refractivity contribution in [1.29, 1.82) is 0 Å². The number of aryl methyl sites for hydroxylation is 1. The van der Waals surface area contributed by atoms with Crippen LogP contribution in [0, 0.1) is 0 Å². The maximum absolute atomic E-state index is 11.8. The van der Waals surface area contributed by atoms with Crippen molar-refractivity contribution in [2.75, 3.05) is 0 Å². The number of rotatable bonds is 2. The number of amides is 2. The van der Waals surface area contributed by atoms with Crippen molar-refractivity contribution >= 4 is 55.0 Å². The average molecular weight is 407 g/mol. The number of halogens is 2. The SMILES string of the molecule is Cn1cc(Br)cc1C(=O)NNC(=O)c1ccc(Br)s1. The Balaban J connectivity index is 1.97. The molecule has 0 atom stereocenters. The quantitative estimate of drug-likeness (QED) is 0.753. The molecule has 2 aromatic heterocycles. The maximum Gasteiger partial charge on any atom is 0.286 e. The van der Waals surface area contributed by atoms with E-state index in [1.165, 1.54) is 11.3 Å². The van der Waals surface area contributed by atoms with Crippen LogP contribution >= 0.6 is 43.2 Å². The lowest BCUT2D eigenvalue weighted by Gasteiger charge is -2.06. The molecule has 0 spiro atoms. The smallest absolute Gasteiger partial charge is 0.286 e. The molecule has 0 aliphatic carbocycles. The summed E-state index contributed by atoms with van der Waals surface area (Å²) in [6.07, 6.45) is 1.76. The number of thiophene rings is 1. The zero-order valence-electron chi connectivity index (χ0n) is 9.74.